The normalized spacial score (nSPS) is 19.2. The van der Waals surface area contributed by atoms with Crippen molar-refractivity contribution in [3.05, 3.63) is 23.9 Å². The number of aliphatic imine (C=N–C) groups is 1. The Balaban J connectivity index is 1.44. The second-order valence-electron chi connectivity index (χ2n) is 8.22. The first-order valence-corrected chi connectivity index (χ1v) is 11.2. The van der Waals surface area contributed by atoms with E-state index in [1.807, 2.05) is 6.20 Å². The minimum atomic E-state index is 0.683. The second kappa shape index (κ2) is 11.2. The van der Waals surface area contributed by atoms with E-state index in [9.17, 15) is 0 Å². The highest BCUT2D eigenvalue weighted by Crippen LogP contribution is 2.19. The molecule has 0 radical (unpaired) electrons. The van der Waals surface area contributed by atoms with E-state index in [1.165, 1.54) is 50.9 Å². The third-order valence-corrected chi connectivity index (χ3v) is 5.82. The van der Waals surface area contributed by atoms with E-state index in [1.54, 1.807) is 0 Å². The molecule has 0 aliphatic carbocycles. The molecule has 3 heterocycles. The van der Waals surface area contributed by atoms with Crippen molar-refractivity contribution in [1.82, 2.24) is 20.5 Å². The first-order chi connectivity index (χ1) is 13.7. The molecular formula is C22H38N6. The number of hydrogen-bond donors (Lipinski definition) is 2. The molecule has 0 amide bonds. The number of nitrogens with zero attached hydrogens (tertiary/aromatic N) is 4. The summed E-state index contributed by atoms with van der Waals surface area (Å²) in [5.74, 6) is 2.91. The number of hydrogen-bond acceptors (Lipinski definition) is 4. The number of guanidine groups is 1. The molecule has 2 fully saturated rings. The van der Waals surface area contributed by atoms with Gasteiger partial charge in [-0.25, -0.2) is 9.98 Å². The van der Waals surface area contributed by atoms with Gasteiger partial charge in [-0.05, 0) is 82.3 Å². The lowest BCUT2D eigenvalue weighted by molar-refractivity contribution is 0.191. The van der Waals surface area contributed by atoms with E-state index in [4.69, 9.17) is 4.99 Å². The van der Waals surface area contributed by atoms with Gasteiger partial charge in [-0.15, -0.1) is 0 Å². The first-order valence-electron chi connectivity index (χ1n) is 11.2. The summed E-state index contributed by atoms with van der Waals surface area (Å²) in [7, 11) is 0. The predicted molar refractivity (Wildman–Crippen MR) is 118 cm³/mol. The summed E-state index contributed by atoms with van der Waals surface area (Å²) in [6, 6.07) is 4.26. The quantitative estimate of drug-likeness (QED) is 0.409. The number of nitrogens with one attached hydrogen (secondary N) is 2. The fourth-order valence-electron chi connectivity index (χ4n) is 3.99. The molecule has 2 aliphatic heterocycles. The Bertz CT molecular complexity index is 603. The van der Waals surface area contributed by atoms with Crippen LogP contribution in [0.2, 0.25) is 0 Å². The van der Waals surface area contributed by atoms with Gasteiger partial charge in [-0.2, -0.15) is 0 Å². The molecule has 2 N–H and O–H groups in total. The number of likely N-dealkylation sites (tertiary alicyclic amines) is 1. The number of rotatable bonds is 8. The molecule has 0 bridgehead atoms. The van der Waals surface area contributed by atoms with Crippen molar-refractivity contribution in [3.63, 3.8) is 0 Å². The van der Waals surface area contributed by atoms with Crippen LogP contribution in [0.5, 0.6) is 0 Å². The Hall–Kier alpha value is -1.82. The molecule has 0 aromatic carbocycles. The topological polar surface area (TPSA) is 55.8 Å². The predicted octanol–water partition coefficient (Wildman–Crippen LogP) is 2.86. The Labute approximate surface area is 170 Å². The molecule has 6 heteroatoms. The largest absolute Gasteiger partial charge is 0.357 e. The smallest absolute Gasteiger partial charge is 0.191 e. The van der Waals surface area contributed by atoms with E-state index in [-0.39, 0.29) is 0 Å². The zero-order valence-electron chi connectivity index (χ0n) is 17.8. The summed E-state index contributed by atoms with van der Waals surface area (Å²) in [5, 5.41) is 6.86. The first kappa shape index (κ1) is 20.9. The fraction of sp³-hybridized carbons (Fsp3) is 0.727. The van der Waals surface area contributed by atoms with Gasteiger partial charge in [0.1, 0.15) is 5.82 Å². The highest BCUT2D eigenvalue weighted by molar-refractivity contribution is 5.79. The maximum absolute atomic E-state index is 4.78. The number of piperidine rings is 1. The zero-order chi connectivity index (χ0) is 19.6. The van der Waals surface area contributed by atoms with Gasteiger partial charge in [0.15, 0.2) is 5.96 Å². The van der Waals surface area contributed by atoms with Gasteiger partial charge in [0, 0.05) is 32.4 Å². The van der Waals surface area contributed by atoms with Gasteiger partial charge in [-0.3, -0.25) is 0 Å². The second-order valence-corrected chi connectivity index (χ2v) is 8.22. The lowest BCUT2D eigenvalue weighted by Gasteiger charge is -2.30. The van der Waals surface area contributed by atoms with Crippen LogP contribution in [-0.2, 0) is 6.54 Å². The summed E-state index contributed by atoms with van der Waals surface area (Å²) in [4.78, 5) is 14.3. The number of anilines is 1. The molecule has 6 nitrogen and oxygen atoms in total. The van der Waals surface area contributed by atoms with E-state index in [2.05, 4.69) is 51.4 Å². The van der Waals surface area contributed by atoms with Crippen LogP contribution in [-0.4, -0.2) is 61.7 Å². The molecule has 0 spiro atoms. The summed E-state index contributed by atoms with van der Waals surface area (Å²) < 4.78 is 0. The Morgan fingerprint density at radius 2 is 1.96 bits per heavy atom. The molecule has 28 heavy (non-hydrogen) atoms. The van der Waals surface area contributed by atoms with Crippen molar-refractivity contribution in [2.45, 2.75) is 52.5 Å². The average molecular weight is 387 g/mol. The van der Waals surface area contributed by atoms with Crippen LogP contribution in [0.4, 0.5) is 5.82 Å². The summed E-state index contributed by atoms with van der Waals surface area (Å²) in [6.07, 6.45) is 8.32. The lowest BCUT2D eigenvalue weighted by Crippen LogP contribution is -2.39. The maximum atomic E-state index is 4.78. The van der Waals surface area contributed by atoms with Crippen LogP contribution < -0.4 is 15.5 Å². The zero-order valence-corrected chi connectivity index (χ0v) is 17.8. The summed E-state index contributed by atoms with van der Waals surface area (Å²) >= 11 is 0. The Morgan fingerprint density at radius 3 is 2.71 bits per heavy atom. The van der Waals surface area contributed by atoms with Crippen molar-refractivity contribution in [3.8, 4) is 0 Å². The SMILES string of the molecule is CCNC(=NCc1ccnc(N2CCCC2)c1)NCCCN1CCC(C)CC1. The third kappa shape index (κ3) is 6.66. The average Bonchev–Trinajstić information content (AvgIpc) is 3.26. The highest BCUT2D eigenvalue weighted by atomic mass is 15.2. The van der Waals surface area contributed by atoms with E-state index in [0.29, 0.717) is 6.54 Å². The van der Waals surface area contributed by atoms with Crippen LogP contribution in [0.15, 0.2) is 23.3 Å². The van der Waals surface area contributed by atoms with Crippen LogP contribution >= 0.6 is 0 Å². The van der Waals surface area contributed by atoms with Gasteiger partial charge in [0.05, 0.1) is 6.54 Å². The Morgan fingerprint density at radius 1 is 1.18 bits per heavy atom. The molecule has 1 aromatic rings. The number of pyridine rings is 1. The highest BCUT2D eigenvalue weighted by Gasteiger charge is 2.15. The molecule has 0 saturated carbocycles. The number of aromatic nitrogens is 1. The molecule has 2 saturated heterocycles. The van der Waals surface area contributed by atoms with Gasteiger partial charge in [0.25, 0.3) is 0 Å². The van der Waals surface area contributed by atoms with Gasteiger partial charge in [-0.1, -0.05) is 6.92 Å². The maximum Gasteiger partial charge on any atom is 0.191 e. The third-order valence-electron chi connectivity index (χ3n) is 5.82. The molecule has 3 rings (SSSR count). The van der Waals surface area contributed by atoms with Crippen molar-refractivity contribution in [1.29, 1.82) is 0 Å². The minimum Gasteiger partial charge on any atom is -0.357 e. The molecule has 1 aromatic heterocycles. The molecular weight excluding hydrogens is 348 g/mol. The molecule has 156 valence electrons. The van der Waals surface area contributed by atoms with Gasteiger partial charge < -0.3 is 20.4 Å². The van der Waals surface area contributed by atoms with Crippen LogP contribution in [0.3, 0.4) is 0 Å². The monoisotopic (exact) mass is 386 g/mol. The van der Waals surface area contributed by atoms with Crippen molar-refractivity contribution >= 4 is 11.8 Å². The Kier molecular flexibility index (Phi) is 8.40. The van der Waals surface area contributed by atoms with Crippen LogP contribution in [0.25, 0.3) is 0 Å². The summed E-state index contributed by atoms with van der Waals surface area (Å²) in [6.45, 7) is 13.0. The van der Waals surface area contributed by atoms with Crippen molar-refractivity contribution in [2.75, 3.05) is 50.7 Å². The molecule has 0 unspecified atom stereocenters. The lowest BCUT2D eigenvalue weighted by atomic mass is 9.99. The van der Waals surface area contributed by atoms with Crippen LogP contribution in [0.1, 0.15) is 51.5 Å². The van der Waals surface area contributed by atoms with Crippen molar-refractivity contribution < 1.29 is 0 Å². The van der Waals surface area contributed by atoms with Crippen molar-refractivity contribution in [2.24, 2.45) is 10.9 Å². The van der Waals surface area contributed by atoms with E-state index >= 15 is 0 Å². The van der Waals surface area contributed by atoms with Crippen LogP contribution in [0, 0.1) is 5.92 Å². The summed E-state index contributed by atoms with van der Waals surface area (Å²) in [5.41, 5.74) is 1.22. The van der Waals surface area contributed by atoms with Gasteiger partial charge in [0.2, 0.25) is 0 Å². The van der Waals surface area contributed by atoms with Gasteiger partial charge >= 0.3 is 0 Å². The standard InChI is InChI=1S/C22H38N6/c1-3-23-22(25-10-6-12-27-15-8-19(2)9-16-27)26-18-20-7-11-24-21(17-20)28-13-4-5-14-28/h7,11,17,19H,3-6,8-10,12-16,18H2,1-2H3,(H2,23,25,26). The molecule has 2 aliphatic rings. The van der Waals surface area contributed by atoms with E-state index < -0.39 is 0 Å². The van der Waals surface area contributed by atoms with E-state index in [0.717, 1.165) is 50.3 Å². The minimum absolute atomic E-state index is 0.683. The fourth-order valence-corrected chi connectivity index (χ4v) is 3.99. The molecule has 0 atom stereocenters.